The van der Waals surface area contributed by atoms with Crippen molar-refractivity contribution in [2.45, 2.75) is 26.2 Å². The zero-order valence-electron chi connectivity index (χ0n) is 12.7. The molecular weight excluding hydrogens is 296 g/mol. The lowest BCUT2D eigenvalue weighted by molar-refractivity contribution is 0.0651. The maximum absolute atomic E-state index is 11.2. The van der Waals surface area contributed by atoms with Crippen LogP contribution in [0.15, 0.2) is 36.4 Å². The first-order chi connectivity index (χ1) is 10.9. The standard InChI is InChI=1S/C18H18O5/c1-11-9-12(6-8-16(11)19)3-2-4-13-5-7-14(17(20)21)15(10-13)18(22)23/h5-10,19H,2-4H2,1H3,(H,20,21)(H,22,23). The molecule has 120 valence electrons. The Balaban J connectivity index is 2.06. The van der Waals surface area contributed by atoms with Gasteiger partial charge in [0.2, 0.25) is 0 Å². The normalized spacial score (nSPS) is 10.5. The van der Waals surface area contributed by atoms with Crippen LogP contribution in [-0.4, -0.2) is 27.3 Å². The number of phenols is 1. The Morgan fingerprint density at radius 2 is 1.43 bits per heavy atom. The predicted molar refractivity (Wildman–Crippen MR) is 85.2 cm³/mol. The monoisotopic (exact) mass is 314 g/mol. The lowest BCUT2D eigenvalue weighted by Crippen LogP contribution is -2.08. The quantitative estimate of drug-likeness (QED) is 0.760. The van der Waals surface area contributed by atoms with Crippen molar-refractivity contribution >= 4 is 11.9 Å². The summed E-state index contributed by atoms with van der Waals surface area (Å²) < 4.78 is 0. The van der Waals surface area contributed by atoms with Gasteiger partial charge in [0.05, 0.1) is 11.1 Å². The number of phenolic OH excluding ortho intramolecular Hbond substituents is 1. The van der Waals surface area contributed by atoms with Gasteiger partial charge < -0.3 is 15.3 Å². The van der Waals surface area contributed by atoms with Crippen molar-refractivity contribution in [2.75, 3.05) is 0 Å². The fraction of sp³-hybridized carbons (Fsp3) is 0.222. The van der Waals surface area contributed by atoms with Crippen LogP contribution in [0.1, 0.15) is 43.8 Å². The van der Waals surface area contributed by atoms with E-state index in [-0.39, 0.29) is 16.9 Å². The second-order valence-electron chi connectivity index (χ2n) is 5.46. The molecule has 0 aliphatic rings. The fourth-order valence-electron chi connectivity index (χ4n) is 2.48. The van der Waals surface area contributed by atoms with Crippen molar-refractivity contribution in [3.05, 3.63) is 64.2 Å². The number of aromatic carboxylic acids is 2. The van der Waals surface area contributed by atoms with E-state index in [1.807, 2.05) is 19.1 Å². The molecule has 5 heteroatoms. The largest absolute Gasteiger partial charge is 0.508 e. The molecule has 0 fully saturated rings. The van der Waals surface area contributed by atoms with Crippen molar-refractivity contribution in [2.24, 2.45) is 0 Å². The summed E-state index contributed by atoms with van der Waals surface area (Å²) in [5.74, 6) is -2.21. The minimum atomic E-state index is -1.24. The number of hydrogen-bond acceptors (Lipinski definition) is 3. The van der Waals surface area contributed by atoms with Gasteiger partial charge in [-0.1, -0.05) is 18.2 Å². The van der Waals surface area contributed by atoms with E-state index in [4.69, 9.17) is 10.2 Å². The van der Waals surface area contributed by atoms with Crippen LogP contribution >= 0.6 is 0 Å². The summed E-state index contributed by atoms with van der Waals surface area (Å²) in [6.07, 6.45) is 2.25. The number of carboxylic acid groups (broad SMARTS) is 2. The molecule has 0 heterocycles. The van der Waals surface area contributed by atoms with Gasteiger partial charge in [-0.25, -0.2) is 9.59 Å². The third-order valence-corrected chi connectivity index (χ3v) is 3.74. The molecule has 0 radical (unpaired) electrons. The Kier molecular flexibility index (Phi) is 5.01. The lowest BCUT2D eigenvalue weighted by atomic mass is 9.98. The fourth-order valence-corrected chi connectivity index (χ4v) is 2.48. The molecule has 0 bridgehead atoms. The predicted octanol–water partition coefficient (Wildman–Crippen LogP) is 3.27. The second-order valence-corrected chi connectivity index (χ2v) is 5.46. The Labute approximate surface area is 133 Å². The van der Waals surface area contributed by atoms with Crippen molar-refractivity contribution in [1.82, 2.24) is 0 Å². The van der Waals surface area contributed by atoms with Crippen LogP contribution in [0.25, 0.3) is 0 Å². The molecule has 0 saturated carbocycles. The van der Waals surface area contributed by atoms with Gasteiger partial charge in [0.25, 0.3) is 0 Å². The Morgan fingerprint density at radius 3 is 2.00 bits per heavy atom. The summed E-state index contributed by atoms with van der Waals surface area (Å²) in [6, 6.07) is 9.86. The SMILES string of the molecule is Cc1cc(CCCc2ccc(C(=O)O)c(C(=O)O)c2)ccc1O. The molecule has 23 heavy (non-hydrogen) atoms. The molecule has 0 aromatic heterocycles. The number of benzene rings is 2. The first kappa shape index (κ1) is 16.5. The van der Waals surface area contributed by atoms with E-state index in [1.165, 1.54) is 12.1 Å². The molecule has 3 N–H and O–H groups in total. The number of carbonyl (C=O) groups is 2. The van der Waals surface area contributed by atoms with Gasteiger partial charge in [-0.3, -0.25) is 0 Å². The number of carboxylic acids is 2. The third kappa shape index (κ3) is 4.10. The van der Waals surface area contributed by atoms with Crippen molar-refractivity contribution in [3.8, 4) is 5.75 Å². The van der Waals surface area contributed by atoms with Crippen LogP contribution in [-0.2, 0) is 12.8 Å². The molecule has 0 atom stereocenters. The third-order valence-electron chi connectivity index (χ3n) is 3.74. The number of hydrogen-bond donors (Lipinski definition) is 3. The highest BCUT2D eigenvalue weighted by Gasteiger charge is 2.16. The summed E-state index contributed by atoms with van der Waals surface area (Å²) in [4.78, 5) is 22.2. The van der Waals surface area contributed by atoms with Gasteiger partial charge >= 0.3 is 11.9 Å². The van der Waals surface area contributed by atoms with E-state index in [1.54, 1.807) is 12.1 Å². The topological polar surface area (TPSA) is 94.8 Å². The first-order valence-electron chi connectivity index (χ1n) is 7.26. The van der Waals surface area contributed by atoms with Crippen molar-refractivity contribution in [3.63, 3.8) is 0 Å². The van der Waals surface area contributed by atoms with Crippen LogP contribution in [0.5, 0.6) is 5.75 Å². The van der Waals surface area contributed by atoms with Crippen LogP contribution in [0.4, 0.5) is 0 Å². The highest BCUT2D eigenvalue weighted by Crippen LogP contribution is 2.19. The summed E-state index contributed by atoms with van der Waals surface area (Å²) in [7, 11) is 0. The molecule has 0 amide bonds. The van der Waals surface area contributed by atoms with Gasteiger partial charge in [-0.15, -0.1) is 0 Å². The molecule has 0 unspecified atom stereocenters. The van der Waals surface area contributed by atoms with Gasteiger partial charge in [0.15, 0.2) is 0 Å². The van der Waals surface area contributed by atoms with Gasteiger partial charge in [0.1, 0.15) is 5.75 Å². The highest BCUT2D eigenvalue weighted by atomic mass is 16.4. The van der Waals surface area contributed by atoms with E-state index in [0.29, 0.717) is 6.42 Å². The minimum Gasteiger partial charge on any atom is -0.508 e. The van der Waals surface area contributed by atoms with Crippen molar-refractivity contribution in [1.29, 1.82) is 0 Å². The van der Waals surface area contributed by atoms with Gasteiger partial charge in [0, 0.05) is 0 Å². The van der Waals surface area contributed by atoms with E-state index in [2.05, 4.69) is 0 Å². The van der Waals surface area contributed by atoms with E-state index < -0.39 is 11.9 Å². The number of aromatic hydroxyl groups is 1. The molecule has 0 aliphatic carbocycles. The molecule has 2 aromatic rings. The summed E-state index contributed by atoms with van der Waals surface area (Å²) in [5, 5.41) is 27.6. The zero-order chi connectivity index (χ0) is 17.0. The average molecular weight is 314 g/mol. The second kappa shape index (κ2) is 6.96. The Hall–Kier alpha value is -2.82. The molecule has 0 aliphatic heterocycles. The van der Waals surface area contributed by atoms with E-state index >= 15 is 0 Å². The van der Waals surface area contributed by atoms with Crippen LogP contribution < -0.4 is 0 Å². The molecule has 5 nitrogen and oxygen atoms in total. The van der Waals surface area contributed by atoms with Gasteiger partial charge in [-0.2, -0.15) is 0 Å². The molecule has 0 spiro atoms. The van der Waals surface area contributed by atoms with Crippen LogP contribution in [0.2, 0.25) is 0 Å². The van der Waals surface area contributed by atoms with Crippen LogP contribution in [0.3, 0.4) is 0 Å². The summed E-state index contributed by atoms with van der Waals surface area (Å²) >= 11 is 0. The maximum Gasteiger partial charge on any atom is 0.336 e. The average Bonchev–Trinajstić information content (AvgIpc) is 2.50. The maximum atomic E-state index is 11.2. The highest BCUT2D eigenvalue weighted by molar-refractivity contribution is 6.01. The first-order valence-corrected chi connectivity index (χ1v) is 7.26. The molecule has 2 aromatic carbocycles. The zero-order valence-corrected chi connectivity index (χ0v) is 12.7. The van der Waals surface area contributed by atoms with Gasteiger partial charge in [-0.05, 0) is 61.1 Å². The summed E-state index contributed by atoms with van der Waals surface area (Å²) in [6.45, 7) is 1.84. The number of aryl methyl sites for hydroxylation is 3. The van der Waals surface area contributed by atoms with Crippen molar-refractivity contribution < 1.29 is 24.9 Å². The van der Waals surface area contributed by atoms with E-state index in [9.17, 15) is 14.7 Å². The molecule has 2 rings (SSSR count). The molecular formula is C18H18O5. The summed E-state index contributed by atoms with van der Waals surface area (Å²) in [5.41, 5.74) is 2.33. The Bertz CT molecular complexity index is 749. The lowest BCUT2D eigenvalue weighted by Gasteiger charge is -2.07. The minimum absolute atomic E-state index is 0.185. The Morgan fingerprint density at radius 1 is 0.870 bits per heavy atom. The van der Waals surface area contributed by atoms with E-state index in [0.717, 1.165) is 29.5 Å². The smallest absolute Gasteiger partial charge is 0.336 e. The molecule has 0 saturated heterocycles. The number of rotatable bonds is 6. The van der Waals surface area contributed by atoms with Crippen LogP contribution in [0, 0.1) is 6.92 Å².